The highest BCUT2D eigenvalue weighted by Crippen LogP contribution is 2.35. The van der Waals surface area contributed by atoms with E-state index < -0.39 is 44.8 Å². The van der Waals surface area contributed by atoms with Crippen LogP contribution in [0.2, 0.25) is 0 Å². The molecule has 0 aromatic heterocycles. The number of nitrogens with zero attached hydrogens (tertiary/aromatic N) is 3. The lowest BCUT2D eigenvalue weighted by atomic mass is 10.0. The van der Waals surface area contributed by atoms with Gasteiger partial charge in [0, 0.05) is 25.7 Å². The summed E-state index contributed by atoms with van der Waals surface area (Å²) in [5.74, 6) is -0.389. The van der Waals surface area contributed by atoms with Gasteiger partial charge in [-0.15, -0.1) is 0 Å². The third kappa shape index (κ3) is 4.97. The summed E-state index contributed by atoms with van der Waals surface area (Å²) in [6.07, 6.45) is -5.18. The molecule has 2 fully saturated rings. The molecule has 0 bridgehead atoms. The Morgan fingerprint density at radius 2 is 1.81 bits per heavy atom. The van der Waals surface area contributed by atoms with E-state index in [2.05, 4.69) is 4.72 Å². The molecule has 0 unspecified atom stereocenters. The van der Waals surface area contributed by atoms with Crippen LogP contribution >= 0.6 is 0 Å². The fourth-order valence-corrected chi connectivity index (χ4v) is 5.52. The molecule has 2 amide bonds. The van der Waals surface area contributed by atoms with Crippen molar-refractivity contribution in [3.05, 3.63) is 29.3 Å². The van der Waals surface area contributed by atoms with Crippen LogP contribution < -0.4 is 9.83 Å². The number of amides is 2. The number of carbonyl (C=O) groups is 2. The Morgan fingerprint density at radius 3 is 2.38 bits per heavy atom. The molecule has 32 heavy (non-hydrogen) atoms. The summed E-state index contributed by atoms with van der Waals surface area (Å²) >= 11 is 0. The van der Waals surface area contributed by atoms with Gasteiger partial charge in [0.1, 0.15) is 12.1 Å². The fraction of sp³-hybridized carbons (Fsp3) is 0.526. The van der Waals surface area contributed by atoms with Crippen molar-refractivity contribution < 1.29 is 36.3 Å². The number of hydrogen-bond acceptors (Lipinski definition) is 6. The summed E-state index contributed by atoms with van der Waals surface area (Å²) in [5.41, 5.74) is -1.75. The van der Waals surface area contributed by atoms with Crippen LogP contribution in [0.1, 0.15) is 36.8 Å². The second kappa shape index (κ2) is 8.95. The van der Waals surface area contributed by atoms with Crippen LogP contribution in [-0.4, -0.2) is 61.9 Å². The van der Waals surface area contributed by atoms with Gasteiger partial charge < -0.3 is 19.7 Å². The third-order valence-corrected chi connectivity index (χ3v) is 7.18. The maximum Gasteiger partial charge on any atom is 0.417 e. The molecular formula is C19H20F3N4O5S-. The highest BCUT2D eigenvalue weighted by Gasteiger charge is 2.39. The molecule has 2 aliphatic rings. The van der Waals surface area contributed by atoms with E-state index in [0.717, 1.165) is 17.0 Å². The van der Waals surface area contributed by atoms with Crippen molar-refractivity contribution in [3.63, 3.8) is 0 Å². The normalized spacial score (nSPS) is 20.2. The molecule has 2 heterocycles. The van der Waals surface area contributed by atoms with Crippen molar-refractivity contribution in [1.82, 2.24) is 14.5 Å². The summed E-state index contributed by atoms with van der Waals surface area (Å²) in [5, 5.41) is 20.0. The molecular weight excluding hydrogens is 453 g/mol. The number of nitrogens with one attached hydrogen (secondary N) is 1. The van der Waals surface area contributed by atoms with Crippen molar-refractivity contribution in [2.75, 3.05) is 19.6 Å². The second-order valence-electron chi connectivity index (χ2n) is 7.66. The Labute approximate surface area is 182 Å². The van der Waals surface area contributed by atoms with Crippen molar-refractivity contribution in [2.24, 2.45) is 0 Å². The van der Waals surface area contributed by atoms with E-state index in [1.54, 1.807) is 6.07 Å². The van der Waals surface area contributed by atoms with Gasteiger partial charge in [0.25, 0.3) is 0 Å². The van der Waals surface area contributed by atoms with Gasteiger partial charge in [-0.2, -0.15) is 18.4 Å². The maximum atomic E-state index is 13.4. The number of benzene rings is 1. The number of nitriles is 1. The molecule has 2 aliphatic heterocycles. The quantitative estimate of drug-likeness (QED) is 0.683. The molecule has 1 aromatic carbocycles. The second-order valence-corrected chi connectivity index (χ2v) is 9.34. The summed E-state index contributed by atoms with van der Waals surface area (Å²) in [4.78, 5) is 25.2. The molecule has 0 radical (unpaired) electrons. The SMILES string of the molecule is N#Cc1ccc(S(=O)(=O)NC2CCN(C(=O)[C@@H]3CCCN3C(=O)[O-])CC2)c(C(F)(F)F)c1. The minimum atomic E-state index is -4.97. The van der Waals surface area contributed by atoms with Crippen LogP contribution in [-0.2, 0) is 21.0 Å². The molecule has 9 nitrogen and oxygen atoms in total. The largest absolute Gasteiger partial charge is 0.530 e. The molecule has 13 heteroatoms. The minimum absolute atomic E-state index is 0.128. The average molecular weight is 473 g/mol. The van der Waals surface area contributed by atoms with E-state index in [1.165, 1.54) is 4.90 Å². The van der Waals surface area contributed by atoms with Gasteiger partial charge in [-0.05, 0) is 43.9 Å². The van der Waals surface area contributed by atoms with E-state index in [-0.39, 0.29) is 43.9 Å². The van der Waals surface area contributed by atoms with E-state index in [1.807, 2.05) is 0 Å². The van der Waals surface area contributed by atoms with Gasteiger partial charge in [-0.25, -0.2) is 13.1 Å². The lowest BCUT2D eigenvalue weighted by Gasteiger charge is -2.36. The summed E-state index contributed by atoms with van der Waals surface area (Å²) in [7, 11) is -4.55. The first-order chi connectivity index (χ1) is 14.9. The van der Waals surface area contributed by atoms with E-state index in [9.17, 15) is 36.3 Å². The minimum Gasteiger partial charge on any atom is -0.530 e. The molecule has 3 rings (SSSR count). The van der Waals surface area contributed by atoms with Gasteiger partial charge in [-0.3, -0.25) is 4.79 Å². The summed E-state index contributed by atoms with van der Waals surface area (Å²) in [6, 6.07) is 2.24. The standard InChI is InChI=1S/C19H21F3N4O5S/c20-19(21,22)14-10-12(11-23)3-4-16(14)32(30,31)24-13-5-8-25(9-6-13)17(27)15-2-1-7-26(15)18(28)29/h3-4,10,13,15,24H,1-2,5-9H2,(H,28,29)/p-1/t15-/m0/s1. The zero-order valence-corrected chi connectivity index (χ0v) is 17.6. The van der Waals surface area contributed by atoms with Crippen LogP contribution in [0.25, 0.3) is 0 Å². The van der Waals surface area contributed by atoms with E-state index in [0.29, 0.717) is 18.9 Å². The van der Waals surface area contributed by atoms with Gasteiger partial charge in [0.2, 0.25) is 15.9 Å². The Kier molecular flexibility index (Phi) is 6.66. The number of rotatable bonds is 4. The maximum absolute atomic E-state index is 13.4. The molecule has 0 aliphatic carbocycles. The van der Waals surface area contributed by atoms with Crippen molar-refractivity contribution >= 4 is 22.0 Å². The highest BCUT2D eigenvalue weighted by atomic mass is 32.2. The van der Waals surface area contributed by atoms with Gasteiger partial charge in [-0.1, -0.05) is 0 Å². The van der Waals surface area contributed by atoms with Crippen LogP contribution in [0.3, 0.4) is 0 Å². The molecule has 0 spiro atoms. The van der Waals surface area contributed by atoms with Gasteiger partial charge in [0.05, 0.1) is 22.1 Å². The lowest BCUT2D eigenvalue weighted by Crippen LogP contribution is -2.54. The predicted octanol–water partition coefficient (Wildman–Crippen LogP) is 0.654. The highest BCUT2D eigenvalue weighted by molar-refractivity contribution is 7.89. The zero-order valence-electron chi connectivity index (χ0n) is 16.8. The summed E-state index contributed by atoms with van der Waals surface area (Å²) < 4.78 is 67.6. The Balaban J connectivity index is 1.68. The molecule has 1 N–H and O–H groups in total. The smallest absolute Gasteiger partial charge is 0.417 e. The molecule has 174 valence electrons. The monoisotopic (exact) mass is 473 g/mol. The molecule has 1 aromatic rings. The predicted molar refractivity (Wildman–Crippen MR) is 101 cm³/mol. The average Bonchev–Trinajstić information content (AvgIpc) is 3.22. The number of piperidine rings is 1. The van der Waals surface area contributed by atoms with E-state index in [4.69, 9.17) is 5.26 Å². The van der Waals surface area contributed by atoms with Crippen LogP contribution in [0, 0.1) is 11.3 Å². The van der Waals surface area contributed by atoms with Crippen LogP contribution in [0.4, 0.5) is 18.0 Å². The lowest BCUT2D eigenvalue weighted by molar-refractivity contribution is -0.266. The Morgan fingerprint density at radius 1 is 1.16 bits per heavy atom. The number of halogens is 3. The zero-order chi connectivity index (χ0) is 23.7. The van der Waals surface area contributed by atoms with Gasteiger partial charge >= 0.3 is 6.18 Å². The molecule has 2 saturated heterocycles. The van der Waals surface area contributed by atoms with Gasteiger partial charge in [0.15, 0.2) is 0 Å². The number of hydrogen-bond donors (Lipinski definition) is 1. The molecule has 1 atom stereocenters. The Hall–Kier alpha value is -2.85. The molecule has 0 saturated carbocycles. The number of carbonyl (C=O) groups excluding carboxylic acids is 2. The third-order valence-electron chi connectivity index (χ3n) is 5.60. The first kappa shape index (κ1) is 23.8. The van der Waals surface area contributed by atoms with E-state index >= 15 is 0 Å². The Bertz CT molecular complexity index is 1050. The topological polar surface area (TPSA) is 134 Å². The van der Waals surface area contributed by atoms with Crippen LogP contribution in [0.15, 0.2) is 23.1 Å². The first-order valence-electron chi connectivity index (χ1n) is 9.84. The number of likely N-dealkylation sites (tertiary alicyclic amines) is 2. The van der Waals surface area contributed by atoms with Crippen LogP contribution in [0.5, 0.6) is 0 Å². The van der Waals surface area contributed by atoms with Crippen molar-refractivity contribution in [1.29, 1.82) is 5.26 Å². The fourth-order valence-electron chi connectivity index (χ4n) is 4.01. The summed E-state index contributed by atoms with van der Waals surface area (Å²) in [6.45, 7) is 0.465. The van der Waals surface area contributed by atoms with Crippen molar-refractivity contribution in [3.8, 4) is 6.07 Å². The number of carboxylic acid groups (broad SMARTS) is 1. The number of alkyl halides is 3. The van der Waals surface area contributed by atoms with Crippen molar-refractivity contribution in [2.45, 2.75) is 48.8 Å². The number of sulfonamides is 1. The first-order valence-corrected chi connectivity index (χ1v) is 11.3.